The van der Waals surface area contributed by atoms with Gasteiger partial charge in [-0.3, -0.25) is 9.78 Å². The fourth-order valence-corrected chi connectivity index (χ4v) is 3.61. The second-order valence-electron chi connectivity index (χ2n) is 6.28. The second-order valence-corrected chi connectivity index (χ2v) is 7.00. The molecule has 0 atom stereocenters. The van der Waals surface area contributed by atoms with E-state index in [1.807, 2.05) is 46.7 Å². The van der Waals surface area contributed by atoms with Crippen LogP contribution in [0.2, 0.25) is 0 Å². The molecule has 0 spiro atoms. The number of piperazine rings is 1. The topological polar surface area (TPSA) is 58.6 Å². The molecule has 1 aromatic carbocycles. The van der Waals surface area contributed by atoms with E-state index in [4.69, 9.17) is 4.74 Å². The highest BCUT2D eigenvalue weighted by atomic mass is 32.1. The van der Waals surface area contributed by atoms with Crippen molar-refractivity contribution in [2.45, 2.75) is 6.61 Å². The number of rotatable bonds is 5. The van der Waals surface area contributed by atoms with Gasteiger partial charge in [0.1, 0.15) is 12.4 Å². The fraction of sp³-hybridized carbons (Fsp3) is 0.250. The molecule has 4 rings (SSSR count). The molecule has 7 heteroatoms. The first-order valence-corrected chi connectivity index (χ1v) is 9.78. The van der Waals surface area contributed by atoms with Crippen molar-refractivity contribution in [2.24, 2.45) is 0 Å². The molecule has 0 N–H and O–H groups in total. The summed E-state index contributed by atoms with van der Waals surface area (Å²) in [5.41, 5.74) is 4.54. The summed E-state index contributed by atoms with van der Waals surface area (Å²) < 4.78 is 5.70. The van der Waals surface area contributed by atoms with Crippen molar-refractivity contribution in [1.82, 2.24) is 14.9 Å². The molecule has 27 heavy (non-hydrogen) atoms. The molecule has 1 fully saturated rings. The molecule has 3 heterocycles. The van der Waals surface area contributed by atoms with Gasteiger partial charge in [-0.25, -0.2) is 4.98 Å². The van der Waals surface area contributed by atoms with Gasteiger partial charge in [-0.2, -0.15) is 0 Å². The number of hydrogen-bond acceptors (Lipinski definition) is 6. The molecular weight excluding hydrogens is 360 g/mol. The van der Waals surface area contributed by atoms with Crippen LogP contribution in [0.25, 0.3) is 0 Å². The number of aromatic nitrogens is 2. The highest BCUT2D eigenvalue weighted by Crippen LogP contribution is 2.18. The SMILES string of the molecule is O=C(c1ccc(OCc2cscn2)cc1)N1CCN(c2ccncc2)CC1. The first-order chi connectivity index (χ1) is 13.3. The Morgan fingerprint density at radius 2 is 1.78 bits per heavy atom. The predicted molar refractivity (Wildman–Crippen MR) is 105 cm³/mol. The third-order valence-corrected chi connectivity index (χ3v) is 5.20. The smallest absolute Gasteiger partial charge is 0.253 e. The Bertz CT molecular complexity index is 861. The van der Waals surface area contributed by atoms with Crippen LogP contribution in [-0.4, -0.2) is 47.0 Å². The van der Waals surface area contributed by atoms with Crippen LogP contribution in [0.5, 0.6) is 5.75 Å². The van der Waals surface area contributed by atoms with Crippen molar-refractivity contribution in [3.63, 3.8) is 0 Å². The Kier molecular flexibility index (Phi) is 5.29. The van der Waals surface area contributed by atoms with Crippen LogP contribution in [0.1, 0.15) is 16.1 Å². The molecule has 3 aromatic rings. The van der Waals surface area contributed by atoms with Crippen molar-refractivity contribution in [3.05, 3.63) is 70.9 Å². The van der Waals surface area contributed by atoms with E-state index in [1.54, 1.807) is 29.2 Å². The Morgan fingerprint density at radius 1 is 1.04 bits per heavy atom. The van der Waals surface area contributed by atoms with Gasteiger partial charge < -0.3 is 14.5 Å². The quantitative estimate of drug-likeness (QED) is 0.681. The van der Waals surface area contributed by atoms with Crippen molar-refractivity contribution >= 4 is 22.9 Å². The van der Waals surface area contributed by atoms with Crippen molar-refractivity contribution in [3.8, 4) is 5.75 Å². The number of hydrogen-bond donors (Lipinski definition) is 0. The van der Waals surface area contributed by atoms with E-state index in [0.717, 1.165) is 30.2 Å². The van der Waals surface area contributed by atoms with Crippen molar-refractivity contribution in [1.29, 1.82) is 0 Å². The number of nitrogens with zero attached hydrogens (tertiary/aromatic N) is 4. The van der Waals surface area contributed by atoms with Crippen LogP contribution in [0, 0.1) is 0 Å². The van der Waals surface area contributed by atoms with Gasteiger partial charge in [0.05, 0.1) is 11.2 Å². The zero-order valence-corrected chi connectivity index (χ0v) is 15.6. The number of anilines is 1. The number of thiazole rings is 1. The lowest BCUT2D eigenvalue weighted by atomic mass is 10.1. The summed E-state index contributed by atoms with van der Waals surface area (Å²) in [5.74, 6) is 0.803. The molecule has 138 valence electrons. The molecule has 1 aliphatic rings. The van der Waals surface area contributed by atoms with E-state index in [2.05, 4.69) is 14.9 Å². The molecule has 0 saturated carbocycles. The Labute approximate surface area is 162 Å². The summed E-state index contributed by atoms with van der Waals surface area (Å²) in [5, 5.41) is 1.96. The maximum absolute atomic E-state index is 12.7. The van der Waals surface area contributed by atoms with Crippen LogP contribution in [0.15, 0.2) is 59.7 Å². The molecule has 6 nitrogen and oxygen atoms in total. The molecular formula is C20H20N4O2S. The lowest BCUT2D eigenvalue weighted by molar-refractivity contribution is 0.0746. The van der Waals surface area contributed by atoms with Crippen LogP contribution in [-0.2, 0) is 6.61 Å². The molecule has 1 aliphatic heterocycles. The van der Waals surface area contributed by atoms with Crippen LogP contribution in [0.4, 0.5) is 5.69 Å². The lowest BCUT2D eigenvalue weighted by Crippen LogP contribution is -2.48. The van der Waals surface area contributed by atoms with E-state index < -0.39 is 0 Å². The normalized spacial score (nSPS) is 14.2. The average Bonchev–Trinajstić information content (AvgIpc) is 3.27. The summed E-state index contributed by atoms with van der Waals surface area (Å²) in [6.45, 7) is 3.51. The largest absolute Gasteiger partial charge is 0.487 e. The first kappa shape index (κ1) is 17.5. The Balaban J connectivity index is 1.32. The average molecular weight is 380 g/mol. The van der Waals surface area contributed by atoms with Crippen LogP contribution >= 0.6 is 11.3 Å². The summed E-state index contributed by atoms with van der Waals surface area (Å²) >= 11 is 1.55. The molecule has 0 radical (unpaired) electrons. The number of ether oxygens (including phenoxy) is 1. The second kappa shape index (κ2) is 8.18. The zero-order valence-electron chi connectivity index (χ0n) is 14.8. The summed E-state index contributed by atoms with van der Waals surface area (Å²) in [7, 11) is 0. The van der Waals surface area contributed by atoms with Crippen LogP contribution in [0.3, 0.4) is 0 Å². The molecule has 1 saturated heterocycles. The number of amides is 1. The third-order valence-electron chi connectivity index (χ3n) is 4.57. The van der Waals surface area contributed by atoms with Crippen LogP contribution < -0.4 is 9.64 Å². The minimum Gasteiger partial charge on any atom is -0.487 e. The Hall–Kier alpha value is -2.93. The number of carbonyl (C=O) groups is 1. The molecule has 0 aliphatic carbocycles. The summed E-state index contributed by atoms with van der Waals surface area (Å²) in [6.07, 6.45) is 3.59. The van der Waals surface area contributed by atoms with E-state index >= 15 is 0 Å². The van der Waals surface area contributed by atoms with Gasteiger partial charge in [0, 0.05) is 55.2 Å². The Morgan fingerprint density at radius 3 is 2.44 bits per heavy atom. The lowest BCUT2D eigenvalue weighted by Gasteiger charge is -2.36. The van der Waals surface area contributed by atoms with Crippen molar-refractivity contribution < 1.29 is 9.53 Å². The van der Waals surface area contributed by atoms with Crippen molar-refractivity contribution in [2.75, 3.05) is 31.1 Å². The predicted octanol–water partition coefficient (Wildman–Crippen LogP) is 3.08. The summed E-state index contributed by atoms with van der Waals surface area (Å²) in [6, 6.07) is 11.3. The van der Waals surface area contributed by atoms with Gasteiger partial charge in [0.25, 0.3) is 5.91 Å². The minimum absolute atomic E-state index is 0.0652. The first-order valence-electron chi connectivity index (χ1n) is 8.84. The van der Waals surface area contributed by atoms with Gasteiger partial charge in [0.2, 0.25) is 0 Å². The summed E-state index contributed by atoms with van der Waals surface area (Å²) in [4.78, 5) is 25.2. The number of pyridine rings is 1. The molecule has 0 unspecified atom stereocenters. The van der Waals surface area contributed by atoms with E-state index in [-0.39, 0.29) is 5.91 Å². The van der Waals surface area contributed by atoms with Gasteiger partial charge in [-0.1, -0.05) is 0 Å². The third kappa shape index (κ3) is 4.25. The monoisotopic (exact) mass is 380 g/mol. The zero-order chi connectivity index (χ0) is 18.5. The number of carbonyl (C=O) groups excluding carboxylic acids is 1. The highest BCUT2D eigenvalue weighted by molar-refractivity contribution is 7.07. The van der Waals surface area contributed by atoms with Gasteiger partial charge in [-0.05, 0) is 36.4 Å². The highest BCUT2D eigenvalue weighted by Gasteiger charge is 2.22. The maximum Gasteiger partial charge on any atom is 0.253 e. The fourth-order valence-electron chi connectivity index (χ4n) is 3.07. The van der Waals surface area contributed by atoms with Gasteiger partial charge in [-0.15, -0.1) is 11.3 Å². The van der Waals surface area contributed by atoms with E-state index in [1.165, 1.54) is 0 Å². The molecule has 0 bridgehead atoms. The molecule has 1 amide bonds. The maximum atomic E-state index is 12.7. The van der Waals surface area contributed by atoms with E-state index in [9.17, 15) is 4.79 Å². The standard InChI is InChI=1S/C20H20N4O2S/c25-20(24-11-9-23(10-12-24)18-5-7-21-8-6-18)16-1-3-19(4-2-16)26-13-17-14-27-15-22-17/h1-8,14-15H,9-13H2. The van der Waals surface area contributed by atoms with E-state index in [0.29, 0.717) is 25.3 Å². The van der Waals surface area contributed by atoms with Gasteiger partial charge >= 0.3 is 0 Å². The molecule has 2 aromatic heterocycles. The minimum atomic E-state index is 0.0652. The van der Waals surface area contributed by atoms with Gasteiger partial charge in [0.15, 0.2) is 0 Å². The number of benzene rings is 1.